The summed E-state index contributed by atoms with van der Waals surface area (Å²) in [6.45, 7) is 0.445. The second-order valence-electron chi connectivity index (χ2n) is 6.60. The lowest BCUT2D eigenvalue weighted by molar-refractivity contribution is -0.116. The van der Waals surface area contributed by atoms with Crippen molar-refractivity contribution in [1.82, 2.24) is 5.43 Å². The van der Waals surface area contributed by atoms with E-state index in [1.807, 2.05) is 36.4 Å². The van der Waals surface area contributed by atoms with Crippen molar-refractivity contribution in [1.29, 1.82) is 0 Å². The van der Waals surface area contributed by atoms with Crippen LogP contribution in [0.5, 0.6) is 0 Å². The fourth-order valence-electron chi connectivity index (χ4n) is 3.09. The Bertz CT molecular complexity index is 1210. The molecule has 0 saturated carbocycles. The summed E-state index contributed by atoms with van der Waals surface area (Å²) in [5, 5.41) is 4.84. The normalized spacial score (nSPS) is 13.2. The van der Waals surface area contributed by atoms with E-state index in [9.17, 15) is 13.2 Å². The van der Waals surface area contributed by atoms with Crippen LogP contribution in [0.2, 0.25) is 0 Å². The molecular weight excluding hydrogens is 430 g/mol. The molecule has 1 N–H and O–H groups in total. The van der Waals surface area contributed by atoms with Crippen LogP contribution in [-0.2, 0) is 14.6 Å². The number of nitrogens with zero attached hydrogens (tertiary/aromatic N) is 2. The summed E-state index contributed by atoms with van der Waals surface area (Å²) >= 11 is 1.72. The summed E-state index contributed by atoms with van der Waals surface area (Å²) in [4.78, 5) is 16.5. The minimum Gasteiger partial charge on any atom is -0.334 e. The lowest BCUT2D eigenvalue weighted by Crippen LogP contribution is -2.24. The number of fused-ring (bicyclic) bond motifs is 2. The molecule has 1 amide bonds. The van der Waals surface area contributed by atoms with Crippen molar-refractivity contribution < 1.29 is 13.2 Å². The van der Waals surface area contributed by atoms with Gasteiger partial charge in [-0.05, 0) is 36.4 Å². The first kappa shape index (κ1) is 20.9. The van der Waals surface area contributed by atoms with Gasteiger partial charge in [0.2, 0.25) is 0 Å². The molecule has 6 nitrogen and oxygen atoms in total. The van der Waals surface area contributed by atoms with Gasteiger partial charge in [-0.25, -0.2) is 13.8 Å². The van der Waals surface area contributed by atoms with Gasteiger partial charge < -0.3 is 4.90 Å². The van der Waals surface area contributed by atoms with E-state index in [2.05, 4.69) is 27.6 Å². The smallest absolute Gasteiger partial charge is 0.264 e. The number of para-hydroxylation sites is 2. The van der Waals surface area contributed by atoms with Gasteiger partial charge in [0, 0.05) is 27.5 Å². The number of anilines is 2. The quantitative estimate of drug-likeness (QED) is 0.343. The van der Waals surface area contributed by atoms with Crippen molar-refractivity contribution in [2.75, 3.05) is 11.4 Å². The zero-order valence-corrected chi connectivity index (χ0v) is 18.0. The summed E-state index contributed by atoms with van der Waals surface area (Å²) in [6, 6.07) is 24.1. The maximum Gasteiger partial charge on any atom is 0.264 e. The van der Waals surface area contributed by atoms with Crippen LogP contribution in [0.25, 0.3) is 0 Å². The molecule has 3 aromatic carbocycles. The van der Waals surface area contributed by atoms with E-state index < -0.39 is 15.7 Å². The average molecular weight is 450 g/mol. The van der Waals surface area contributed by atoms with Crippen molar-refractivity contribution >= 4 is 45.1 Å². The lowest BCUT2D eigenvalue weighted by atomic mass is 10.2. The second kappa shape index (κ2) is 9.20. The van der Waals surface area contributed by atoms with E-state index in [0.717, 1.165) is 32.6 Å². The van der Waals surface area contributed by atoms with Crippen LogP contribution in [0.3, 0.4) is 0 Å². The van der Waals surface area contributed by atoms with Gasteiger partial charge in [-0.2, -0.15) is 5.10 Å². The Hall–Kier alpha value is -3.36. The molecule has 1 aliphatic rings. The van der Waals surface area contributed by atoms with Gasteiger partial charge in [-0.15, -0.1) is 0 Å². The molecule has 156 valence electrons. The third-order valence-electron chi connectivity index (χ3n) is 4.53. The van der Waals surface area contributed by atoms with E-state index in [1.165, 1.54) is 12.1 Å². The molecule has 0 radical (unpaired) electrons. The predicted octanol–water partition coefficient (Wildman–Crippen LogP) is 4.38. The molecule has 0 spiro atoms. The Kier molecular flexibility index (Phi) is 6.20. The molecule has 0 unspecified atom stereocenters. The third kappa shape index (κ3) is 4.87. The molecule has 1 aliphatic heterocycles. The molecule has 4 rings (SSSR count). The third-order valence-corrected chi connectivity index (χ3v) is 7.09. The molecule has 8 heteroatoms. The van der Waals surface area contributed by atoms with Crippen LogP contribution in [-0.4, -0.2) is 27.1 Å². The van der Waals surface area contributed by atoms with E-state index in [-0.39, 0.29) is 4.90 Å². The average Bonchev–Trinajstić information content (AvgIpc) is 2.80. The number of sulfone groups is 1. The fraction of sp³-hybridized carbons (Fsp3) is 0.0435. The van der Waals surface area contributed by atoms with Crippen molar-refractivity contribution in [3.8, 4) is 0 Å². The van der Waals surface area contributed by atoms with Gasteiger partial charge in [0.15, 0.2) is 9.84 Å². The highest BCUT2D eigenvalue weighted by molar-refractivity contribution is 7.99. The number of hydrogen-bond acceptors (Lipinski definition) is 6. The highest BCUT2D eigenvalue weighted by Gasteiger charge is 2.21. The van der Waals surface area contributed by atoms with Crippen LogP contribution < -0.4 is 10.3 Å². The number of carbonyl (C=O) groups excluding carboxylic acids is 1. The van der Waals surface area contributed by atoms with Crippen LogP contribution in [0.1, 0.15) is 0 Å². The minimum atomic E-state index is -3.67. The van der Waals surface area contributed by atoms with Gasteiger partial charge in [0.05, 0.1) is 22.8 Å². The SMILES string of the molecule is O=C(/C=C/S(=O)(=O)c1ccccc1)N/N=C/CN1c2ccccc2Sc2ccccc21. The Morgan fingerprint density at radius 2 is 1.48 bits per heavy atom. The van der Waals surface area contributed by atoms with Crippen molar-refractivity contribution in [3.05, 3.63) is 90.3 Å². The number of hydrogen-bond donors (Lipinski definition) is 1. The molecular formula is C23H19N3O3S2. The fourth-order valence-corrected chi connectivity index (χ4v) is 5.18. The molecule has 0 aromatic heterocycles. The molecule has 31 heavy (non-hydrogen) atoms. The monoisotopic (exact) mass is 449 g/mol. The van der Waals surface area contributed by atoms with E-state index in [4.69, 9.17) is 0 Å². The zero-order valence-electron chi connectivity index (χ0n) is 16.4. The summed E-state index contributed by atoms with van der Waals surface area (Å²) in [7, 11) is -3.67. The van der Waals surface area contributed by atoms with E-state index in [1.54, 1.807) is 36.2 Å². The van der Waals surface area contributed by atoms with Crippen LogP contribution in [0.15, 0.2) is 110 Å². The number of rotatable bonds is 6. The number of nitrogens with one attached hydrogen (secondary N) is 1. The first-order chi connectivity index (χ1) is 15.0. The van der Waals surface area contributed by atoms with Gasteiger partial charge in [0.25, 0.3) is 5.91 Å². The number of benzene rings is 3. The first-order valence-corrected chi connectivity index (χ1v) is 11.8. The minimum absolute atomic E-state index is 0.128. The molecule has 1 heterocycles. The second-order valence-corrected chi connectivity index (χ2v) is 9.51. The highest BCUT2D eigenvalue weighted by Crippen LogP contribution is 2.47. The van der Waals surface area contributed by atoms with Crippen LogP contribution in [0, 0.1) is 0 Å². The van der Waals surface area contributed by atoms with E-state index in [0.29, 0.717) is 6.54 Å². The summed E-state index contributed by atoms with van der Waals surface area (Å²) < 4.78 is 24.4. The topological polar surface area (TPSA) is 78.8 Å². The Morgan fingerprint density at radius 3 is 2.13 bits per heavy atom. The van der Waals surface area contributed by atoms with Crippen molar-refractivity contribution in [2.45, 2.75) is 14.7 Å². The molecule has 0 atom stereocenters. The maximum atomic E-state index is 12.2. The van der Waals surface area contributed by atoms with Crippen molar-refractivity contribution in [2.24, 2.45) is 5.10 Å². The van der Waals surface area contributed by atoms with Gasteiger partial charge in [-0.3, -0.25) is 4.79 Å². The van der Waals surface area contributed by atoms with Crippen LogP contribution >= 0.6 is 11.8 Å². The Labute approximate surface area is 185 Å². The number of hydrazone groups is 1. The molecule has 3 aromatic rings. The maximum absolute atomic E-state index is 12.2. The molecule has 0 saturated heterocycles. The van der Waals surface area contributed by atoms with Crippen LogP contribution in [0.4, 0.5) is 11.4 Å². The summed E-state index contributed by atoms with van der Waals surface area (Å²) in [5.41, 5.74) is 4.48. The Balaban J connectivity index is 1.41. The summed E-state index contributed by atoms with van der Waals surface area (Å²) in [5.74, 6) is -0.620. The molecule has 0 fully saturated rings. The number of amides is 1. The largest absolute Gasteiger partial charge is 0.334 e. The standard InChI is InChI=1S/C23H19N3O3S2/c27-23(14-17-31(28,29)18-8-2-1-3-9-18)25-24-15-16-26-19-10-4-6-12-21(19)30-22-13-7-5-11-20(22)26/h1-15,17H,16H2,(H,25,27)/b17-14+,24-15+. The molecule has 0 aliphatic carbocycles. The predicted molar refractivity (Wildman–Crippen MR) is 123 cm³/mol. The first-order valence-electron chi connectivity index (χ1n) is 9.48. The zero-order chi connectivity index (χ0) is 21.7. The number of carbonyl (C=O) groups is 1. The van der Waals surface area contributed by atoms with E-state index >= 15 is 0 Å². The van der Waals surface area contributed by atoms with Gasteiger partial charge in [0.1, 0.15) is 0 Å². The molecule has 0 bridgehead atoms. The Morgan fingerprint density at radius 1 is 0.903 bits per heavy atom. The van der Waals surface area contributed by atoms with Gasteiger partial charge in [-0.1, -0.05) is 54.2 Å². The highest BCUT2D eigenvalue weighted by atomic mass is 32.2. The summed E-state index contributed by atoms with van der Waals surface area (Å²) in [6.07, 6.45) is 2.54. The van der Waals surface area contributed by atoms with Gasteiger partial charge >= 0.3 is 0 Å². The van der Waals surface area contributed by atoms with Crippen molar-refractivity contribution in [3.63, 3.8) is 0 Å². The lowest BCUT2D eigenvalue weighted by Gasteiger charge is -2.31.